The number of aryl methyl sites for hydroxylation is 2. The number of fused-ring (bicyclic) bond motifs is 3. The Morgan fingerprint density at radius 3 is 2.33 bits per heavy atom. The van der Waals surface area contributed by atoms with E-state index in [4.69, 9.17) is 4.98 Å². The molecule has 2 aromatic heterocycles. The molecule has 0 spiro atoms. The van der Waals surface area contributed by atoms with E-state index < -0.39 is 0 Å². The van der Waals surface area contributed by atoms with Crippen molar-refractivity contribution in [3.05, 3.63) is 119 Å². The first-order valence-electron chi connectivity index (χ1n) is 12.8. The number of aromatic nitrogens is 2. The van der Waals surface area contributed by atoms with Crippen LogP contribution >= 0.6 is 0 Å². The maximum atomic E-state index is 13.1. The molecule has 3 aromatic carbocycles. The predicted molar refractivity (Wildman–Crippen MR) is 147 cm³/mol. The largest absolute Gasteiger partial charge is 0.349 e. The number of para-hydroxylation sites is 1. The standard InChI is InChI=1S/C32H33N3O/c1-5-29(26-11-7-6-8-12-26)34-32(36)23(4)25-17-15-24(16-18-25)20-28-27-13-9-10-14-30(27)35-22(3)19-21(2)33-31(28)35/h6-19,23,29H,5,20H2,1-4H3,(H,34,36)/t23?,29-/m0/s1. The number of hydrogen-bond donors (Lipinski definition) is 1. The summed E-state index contributed by atoms with van der Waals surface area (Å²) in [7, 11) is 0. The van der Waals surface area contributed by atoms with Crippen molar-refractivity contribution in [2.75, 3.05) is 0 Å². The van der Waals surface area contributed by atoms with Crippen molar-refractivity contribution in [3.8, 4) is 0 Å². The highest BCUT2D eigenvalue weighted by molar-refractivity contribution is 5.91. The highest BCUT2D eigenvalue weighted by Crippen LogP contribution is 2.30. The Hall–Kier alpha value is -3.92. The number of benzene rings is 3. The van der Waals surface area contributed by atoms with Crippen molar-refractivity contribution in [2.45, 2.75) is 52.5 Å². The van der Waals surface area contributed by atoms with Gasteiger partial charge in [-0.1, -0.05) is 79.7 Å². The van der Waals surface area contributed by atoms with Gasteiger partial charge < -0.3 is 5.32 Å². The lowest BCUT2D eigenvalue weighted by molar-refractivity contribution is -0.123. The third-order valence-electron chi connectivity index (χ3n) is 7.19. The molecule has 0 saturated carbocycles. The molecule has 0 aliphatic rings. The second-order valence-electron chi connectivity index (χ2n) is 9.71. The van der Waals surface area contributed by atoms with Crippen LogP contribution in [0.2, 0.25) is 0 Å². The van der Waals surface area contributed by atoms with Gasteiger partial charge in [-0.05, 0) is 56.0 Å². The van der Waals surface area contributed by atoms with Crippen molar-refractivity contribution < 1.29 is 4.79 Å². The maximum absolute atomic E-state index is 13.1. The fourth-order valence-electron chi connectivity index (χ4n) is 5.19. The third-order valence-corrected chi connectivity index (χ3v) is 7.19. The molecule has 4 nitrogen and oxygen atoms in total. The normalized spacial score (nSPS) is 13.1. The molecule has 2 atom stereocenters. The first-order chi connectivity index (χ1) is 17.5. The zero-order valence-corrected chi connectivity index (χ0v) is 21.5. The summed E-state index contributed by atoms with van der Waals surface area (Å²) in [5, 5.41) is 4.47. The van der Waals surface area contributed by atoms with Gasteiger partial charge in [0, 0.05) is 28.8 Å². The average Bonchev–Trinajstić information content (AvgIpc) is 3.21. The van der Waals surface area contributed by atoms with Crippen LogP contribution < -0.4 is 5.32 Å². The molecule has 2 heterocycles. The highest BCUT2D eigenvalue weighted by atomic mass is 16.1. The van der Waals surface area contributed by atoms with Crippen LogP contribution in [0.4, 0.5) is 0 Å². The SMILES string of the molecule is CC[C@H](NC(=O)C(C)c1ccc(Cc2c3ccccc3n3c(C)cc(C)nc23)cc1)c1ccccc1. The zero-order chi connectivity index (χ0) is 25.2. The number of carbonyl (C=O) groups is 1. The first-order valence-corrected chi connectivity index (χ1v) is 12.8. The van der Waals surface area contributed by atoms with Crippen LogP contribution in [0, 0.1) is 13.8 Å². The van der Waals surface area contributed by atoms with E-state index in [-0.39, 0.29) is 17.9 Å². The van der Waals surface area contributed by atoms with E-state index in [0.29, 0.717) is 0 Å². The Labute approximate surface area is 213 Å². The van der Waals surface area contributed by atoms with Gasteiger partial charge in [0.15, 0.2) is 0 Å². The van der Waals surface area contributed by atoms with Crippen LogP contribution in [0.15, 0.2) is 84.9 Å². The Kier molecular flexibility index (Phi) is 6.60. The van der Waals surface area contributed by atoms with Gasteiger partial charge in [0.1, 0.15) is 5.65 Å². The smallest absolute Gasteiger partial charge is 0.227 e. The summed E-state index contributed by atoms with van der Waals surface area (Å²) in [6.07, 6.45) is 1.65. The Morgan fingerprint density at radius 2 is 1.61 bits per heavy atom. The van der Waals surface area contributed by atoms with Gasteiger partial charge in [-0.15, -0.1) is 0 Å². The fourth-order valence-corrected chi connectivity index (χ4v) is 5.19. The van der Waals surface area contributed by atoms with Crippen LogP contribution in [0.3, 0.4) is 0 Å². The second-order valence-corrected chi connectivity index (χ2v) is 9.71. The molecule has 0 aliphatic carbocycles. The Bertz CT molecular complexity index is 1520. The quantitative estimate of drug-likeness (QED) is 0.274. The van der Waals surface area contributed by atoms with Crippen molar-refractivity contribution in [1.29, 1.82) is 0 Å². The van der Waals surface area contributed by atoms with Crippen LogP contribution in [0.25, 0.3) is 16.6 Å². The molecule has 182 valence electrons. The van der Waals surface area contributed by atoms with E-state index in [1.54, 1.807) is 0 Å². The summed E-state index contributed by atoms with van der Waals surface area (Å²) in [6, 6.07) is 29.3. The molecule has 5 aromatic rings. The van der Waals surface area contributed by atoms with Gasteiger partial charge in [0.05, 0.1) is 17.5 Å². The van der Waals surface area contributed by atoms with E-state index in [9.17, 15) is 4.79 Å². The van der Waals surface area contributed by atoms with Gasteiger partial charge in [-0.2, -0.15) is 0 Å². The molecule has 4 heteroatoms. The monoisotopic (exact) mass is 475 g/mol. The lowest BCUT2D eigenvalue weighted by Gasteiger charge is -2.20. The summed E-state index contributed by atoms with van der Waals surface area (Å²) in [5.41, 5.74) is 9.05. The molecule has 1 unspecified atom stereocenters. The molecule has 0 radical (unpaired) electrons. The van der Waals surface area contributed by atoms with E-state index >= 15 is 0 Å². The summed E-state index contributed by atoms with van der Waals surface area (Å²) in [4.78, 5) is 18.0. The van der Waals surface area contributed by atoms with Gasteiger partial charge >= 0.3 is 0 Å². The van der Waals surface area contributed by atoms with Gasteiger partial charge in [-0.25, -0.2) is 4.98 Å². The Morgan fingerprint density at radius 1 is 0.917 bits per heavy atom. The van der Waals surface area contributed by atoms with Gasteiger partial charge in [-0.3, -0.25) is 9.20 Å². The molecule has 36 heavy (non-hydrogen) atoms. The number of amides is 1. The fraction of sp³-hybridized carbons (Fsp3) is 0.250. The molecular formula is C32H33N3O. The van der Waals surface area contributed by atoms with Crippen molar-refractivity contribution >= 4 is 22.5 Å². The topological polar surface area (TPSA) is 46.4 Å². The van der Waals surface area contributed by atoms with E-state index in [1.165, 1.54) is 27.7 Å². The first kappa shape index (κ1) is 23.8. The van der Waals surface area contributed by atoms with Crippen LogP contribution in [0.5, 0.6) is 0 Å². The molecule has 5 rings (SSSR count). The van der Waals surface area contributed by atoms with Gasteiger partial charge in [0.2, 0.25) is 5.91 Å². The van der Waals surface area contributed by atoms with Crippen LogP contribution in [0.1, 0.15) is 65.9 Å². The second kappa shape index (κ2) is 9.98. The van der Waals surface area contributed by atoms with Gasteiger partial charge in [0.25, 0.3) is 0 Å². The summed E-state index contributed by atoms with van der Waals surface area (Å²) >= 11 is 0. The molecule has 1 N–H and O–H groups in total. The van der Waals surface area contributed by atoms with E-state index in [1.807, 2.05) is 25.1 Å². The molecule has 0 fully saturated rings. The van der Waals surface area contributed by atoms with Crippen molar-refractivity contribution in [2.24, 2.45) is 0 Å². The lowest BCUT2D eigenvalue weighted by Crippen LogP contribution is -2.31. The average molecular weight is 476 g/mol. The molecular weight excluding hydrogens is 442 g/mol. The van der Waals surface area contributed by atoms with E-state index in [2.05, 4.69) is 97.2 Å². The zero-order valence-electron chi connectivity index (χ0n) is 21.5. The van der Waals surface area contributed by atoms with Crippen LogP contribution in [-0.2, 0) is 11.2 Å². The number of hydrogen-bond acceptors (Lipinski definition) is 2. The number of nitrogens with zero attached hydrogens (tertiary/aromatic N) is 2. The molecule has 0 saturated heterocycles. The predicted octanol–water partition coefficient (Wildman–Crippen LogP) is 7.07. The third kappa shape index (κ3) is 4.51. The number of nitrogens with one attached hydrogen (secondary N) is 1. The number of rotatable bonds is 7. The van der Waals surface area contributed by atoms with Crippen LogP contribution in [-0.4, -0.2) is 15.3 Å². The Balaban J connectivity index is 1.38. The number of carbonyl (C=O) groups excluding carboxylic acids is 1. The van der Waals surface area contributed by atoms with Crippen molar-refractivity contribution in [3.63, 3.8) is 0 Å². The maximum Gasteiger partial charge on any atom is 0.227 e. The minimum atomic E-state index is -0.222. The minimum absolute atomic E-state index is 0.0243. The molecule has 0 aliphatic heterocycles. The minimum Gasteiger partial charge on any atom is -0.349 e. The highest BCUT2D eigenvalue weighted by Gasteiger charge is 2.20. The molecule has 1 amide bonds. The summed E-state index contributed by atoms with van der Waals surface area (Å²) in [5.74, 6) is -0.169. The lowest BCUT2D eigenvalue weighted by atomic mass is 9.96. The van der Waals surface area contributed by atoms with E-state index in [0.717, 1.165) is 35.3 Å². The summed E-state index contributed by atoms with van der Waals surface area (Å²) in [6.45, 7) is 8.27. The van der Waals surface area contributed by atoms with Crippen molar-refractivity contribution in [1.82, 2.24) is 14.7 Å². The summed E-state index contributed by atoms with van der Waals surface area (Å²) < 4.78 is 2.26. The molecule has 0 bridgehead atoms.